The molecule has 7 nitrogen and oxygen atoms in total. The van der Waals surface area contributed by atoms with Crippen molar-refractivity contribution in [2.45, 2.75) is 26.7 Å². The number of benzene rings is 1. The summed E-state index contributed by atoms with van der Waals surface area (Å²) in [5.74, 6) is 2.03. The number of imidazole rings is 1. The molecule has 1 fully saturated rings. The minimum Gasteiger partial charge on any atom is -0.356 e. The van der Waals surface area contributed by atoms with Crippen LogP contribution in [0.1, 0.15) is 35.8 Å². The van der Waals surface area contributed by atoms with Gasteiger partial charge in [-0.1, -0.05) is 25.1 Å². The van der Waals surface area contributed by atoms with Gasteiger partial charge in [-0.15, -0.1) is 0 Å². The van der Waals surface area contributed by atoms with E-state index in [1.54, 1.807) is 23.4 Å². The molecule has 1 amide bonds. The van der Waals surface area contributed by atoms with Crippen molar-refractivity contribution in [1.82, 2.24) is 19.5 Å². The number of rotatable bonds is 4. The minimum atomic E-state index is -0.243. The van der Waals surface area contributed by atoms with Crippen molar-refractivity contribution < 1.29 is 4.79 Å². The lowest BCUT2D eigenvalue weighted by atomic mass is 10.0. The molecule has 0 unspecified atom stereocenters. The van der Waals surface area contributed by atoms with Gasteiger partial charge in [-0.05, 0) is 37.3 Å². The van der Waals surface area contributed by atoms with Crippen LogP contribution in [0.5, 0.6) is 0 Å². The first kappa shape index (κ1) is 18.2. The highest BCUT2D eigenvalue weighted by Gasteiger charge is 2.18. The molecule has 0 bridgehead atoms. The first-order valence-corrected chi connectivity index (χ1v) is 9.58. The summed E-state index contributed by atoms with van der Waals surface area (Å²) in [5.41, 5.74) is 2.13. The van der Waals surface area contributed by atoms with E-state index in [9.17, 15) is 4.79 Å². The second-order valence-electron chi connectivity index (χ2n) is 7.36. The number of carbonyl (C=O) groups is 1. The van der Waals surface area contributed by atoms with E-state index in [1.165, 1.54) is 12.8 Å². The molecule has 0 spiro atoms. The molecule has 28 heavy (non-hydrogen) atoms. The van der Waals surface area contributed by atoms with E-state index in [2.05, 4.69) is 32.1 Å². The molecule has 1 saturated heterocycles. The number of nitrogens with zero attached hydrogens (tertiary/aromatic N) is 5. The van der Waals surface area contributed by atoms with Crippen molar-refractivity contribution in [2.24, 2.45) is 5.92 Å². The lowest BCUT2D eigenvalue weighted by Crippen LogP contribution is -2.34. The topological polar surface area (TPSA) is 75.9 Å². The molecule has 4 rings (SSSR count). The smallest absolute Gasteiger partial charge is 0.275 e. The molecule has 7 heteroatoms. The molecule has 1 aliphatic rings. The number of carbonyl (C=O) groups excluding carboxylic acids is 1. The van der Waals surface area contributed by atoms with E-state index in [1.807, 2.05) is 37.3 Å². The Morgan fingerprint density at radius 1 is 1.18 bits per heavy atom. The van der Waals surface area contributed by atoms with Gasteiger partial charge >= 0.3 is 0 Å². The predicted octanol–water partition coefficient (Wildman–Crippen LogP) is 3.46. The van der Waals surface area contributed by atoms with Gasteiger partial charge < -0.3 is 10.2 Å². The van der Waals surface area contributed by atoms with E-state index in [0.29, 0.717) is 17.4 Å². The Bertz CT molecular complexity index is 982. The van der Waals surface area contributed by atoms with Crippen molar-refractivity contribution in [3.63, 3.8) is 0 Å². The van der Waals surface area contributed by atoms with Gasteiger partial charge in [0, 0.05) is 31.0 Å². The van der Waals surface area contributed by atoms with Crippen LogP contribution in [0.3, 0.4) is 0 Å². The zero-order chi connectivity index (χ0) is 19.5. The molecule has 0 aliphatic carbocycles. The molecule has 1 N–H and O–H groups in total. The number of piperidine rings is 1. The van der Waals surface area contributed by atoms with Crippen molar-refractivity contribution in [3.05, 3.63) is 60.4 Å². The number of aromatic nitrogens is 4. The Labute approximate surface area is 164 Å². The predicted molar refractivity (Wildman–Crippen MR) is 109 cm³/mol. The van der Waals surface area contributed by atoms with Crippen molar-refractivity contribution >= 4 is 17.4 Å². The van der Waals surface area contributed by atoms with Gasteiger partial charge in [-0.3, -0.25) is 9.36 Å². The number of hydrogen-bond donors (Lipinski definition) is 1. The number of hydrogen-bond acceptors (Lipinski definition) is 5. The number of para-hydroxylation sites is 1. The molecule has 1 aromatic carbocycles. The summed E-state index contributed by atoms with van der Waals surface area (Å²) in [5, 5.41) is 2.90. The Morgan fingerprint density at radius 2 is 2.00 bits per heavy atom. The molecule has 144 valence electrons. The number of aryl methyl sites for hydroxylation is 1. The normalized spacial score (nSPS) is 16.8. The average Bonchev–Trinajstić information content (AvgIpc) is 3.20. The van der Waals surface area contributed by atoms with Gasteiger partial charge in [0.05, 0.1) is 0 Å². The SMILES string of the molecule is Cc1ccccc1NC(=O)c1cn(-c2cc(N3CCC[C@H](C)C3)ncn2)cn1. The third kappa shape index (κ3) is 3.88. The molecule has 0 saturated carbocycles. The van der Waals surface area contributed by atoms with Crippen molar-refractivity contribution in [1.29, 1.82) is 0 Å². The van der Waals surface area contributed by atoms with Crippen LogP contribution in [0.25, 0.3) is 5.82 Å². The van der Waals surface area contributed by atoms with Gasteiger partial charge in [0.2, 0.25) is 0 Å². The van der Waals surface area contributed by atoms with E-state index in [-0.39, 0.29) is 5.91 Å². The van der Waals surface area contributed by atoms with Gasteiger partial charge in [0.1, 0.15) is 30.0 Å². The van der Waals surface area contributed by atoms with E-state index >= 15 is 0 Å². The van der Waals surface area contributed by atoms with Crippen molar-refractivity contribution in [3.8, 4) is 5.82 Å². The van der Waals surface area contributed by atoms with E-state index in [4.69, 9.17) is 0 Å². The molecule has 1 aliphatic heterocycles. The summed E-state index contributed by atoms with van der Waals surface area (Å²) < 4.78 is 1.76. The zero-order valence-corrected chi connectivity index (χ0v) is 16.2. The van der Waals surface area contributed by atoms with Crippen LogP contribution >= 0.6 is 0 Å². The summed E-state index contributed by atoms with van der Waals surface area (Å²) in [6.07, 6.45) is 7.30. The summed E-state index contributed by atoms with van der Waals surface area (Å²) in [6, 6.07) is 9.61. The van der Waals surface area contributed by atoms with Crippen LogP contribution < -0.4 is 10.2 Å². The van der Waals surface area contributed by atoms with Crippen LogP contribution in [0.4, 0.5) is 11.5 Å². The molecule has 3 aromatic rings. The second-order valence-corrected chi connectivity index (χ2v) is 7.36. The third-order valence-corrected chi connectivity index (χ3v) is 5.09. The van der Waals surface area contributed by atoms with Gasteiger partial charge in [0.25, 0.3) is 5.91 Å². The van der Waals surface area contributed by atoms with Crippen LogP contribution in [0.2, 0.25) is 0 Å². The summed E-state index contributed by atoms with van der Waals surface area (Å²) in [4.78, 5) is 27.9. The highest BCUT2D eigenvalue weighted by Crippen LogP contribution is 2.22. The molecular weight excluding hydrogens is 352 g/mol. The maximum atomic E-state index is 12.5. The fourth-order valence-corrected chi connectivity index (χ4v) is 3.51. The first-order valence-electron chi connectivity index (χ1n) is 9.58. The molecule has 2 aromatic heterocycles. The van der Waals surface area contributed by atoms with E-state index in [0.717, 1.165) is 30.2 Å². The second kappa shape index (κ2) is 7.80. The Kier molecular flexibility index (Phi) is 5.06. The lowest BCUT2D eigenvalue weighted by Gasteiger charge is -2.31. The first-order chi connectivity index (χ1) is 13.6. The Balaban J connectivity index is 1.52. The van der Waals surface area contributed by atoms with Crippen LogP contribution in [0, 0.1) is 12.8 Å². The molecular formula is C21H24N6O. The fourth-order valence-electron chi connectivity index (χ4n) is 3.51. The van der Waals surface area contributed by atoms with Crippen LogP contribution in [-0.4, -0.2) is 38.5 Å². The third-order valence-electron chi connectivity index (χ3n) is 5.09. The van der Waals surface area contributed by atoms with Crippen molar-refractivity contribution in [2.75, 3.05) is 23.3 Å². The van der Waals surface area contributed by atoms with E-state index < -0.39 is 0 Å². The Hall–Kier alpha value is -3.22. The number of anilines is 2. The fraction of sp³-hybridized carbons (Fsp3) is 0.333. The quantitative estimate of drug-likeness (QED) is 0.755. The number of nitrogens with one attached hydrogen (secondary N) is 1. The summed E-state index contributed by atoms with van der Waals surface area (Å²) >= 11 is 0. The largest absolute Gasteiger partial charge is 0.356 e. The minimum absolute atomic E-state index is 0.243. The maximum absolute atomic E-state index is 12.5. The van der Waals surface area contributed by atoms with Crippen LogP contribution in [0.15, 0.2) is 49.2 Å². The van der Waals surface area contributed by atoms with Crippen LogP contribution in [-0.2, 0) is 0 Å². The number of amides is 1. The van der Waals surface area contributed by atoms with Gasteiger partial charge in [-0.25, -0.2) is 15.0 Å². The highest BCUT2D eigenvalue weighted by molar-refractivity contribution is 6.03. The summed E-state index contributed by atoms with van der Waals surface area (Å²) in [6.45, 7) is 6.24. The molecule has 1 atom stereocenters. The molecule has 3 heterocycles. The highest BCUT2D eigenvalue weighted by atomic mass is 16.1. The average molecular weight is 376 g/mol. The van der Waals surface area contributed by atoms with Gasteiger partial charge in [-0.2, -0.15) is 0 Å². The van der Waals surface area contributed by atoms with Gasteiger partial charge in [0.15, 0.2) is 0 Å². The zero-order valence-electron chi connectivity index (χ0n) is 16.2. The molecule has 0 radical (unpaired) electrons. The lowest BCUT2D eigenvalue weighted by molar-refractivity contribution is 0.102. The standard InChI is InChI=1S/C21H24N6O/c1-15-6-5-9-26(11-15)19-10-20(23-13-22-19)27-12-18(24-14-27)21(28)25-17-8-4-3-7-16(17)2/h3-4,7-8,10,12-15H,5-6,9,11H2,1-2H3,(H,25,28)/t15-/m0/s1. The monoisotopic (exact) mass is 376 g/mol. The summed E-state index contributed by atoms with van der Waals surface area (Å²) in [7, 11) is 0. The Morgan fingerprint density at radius 3 is 2.82 bits per heavy atom. The maximum Gasteiger partial charge on any atom is 0.275 e.